The molecule has 1 aromatic heterocycles. The van der Waals surface area contributed by atoms with Crippen LogP contribution in [0.4, 0.5) is 30.6 Å². The van der Waals surface area contributed by atoms with Gasteiger partial charge in [-0.15, -0.1) is 0 Å². The average molecular weight is 344 g/mol. The maximum atomic E-state index is 13.7. The minimum Gasteiger partial charge on any atom is -0.366 e. The van der Waals surface area contributed by atoms with Crippen molar-refractivity contribution in [1.29, 1.82) is 0 Å². The molecule has 25 heavy (non-hydrogen) atoms. The van der Waals surface area contributed by atoms with Gasteiger partial charge >= 0.3 is 0 Å². The lowest BCUT2D eigenvalue weighted by atomic mass is 10.2. The monoisotopic (exact) mass is 344 g/mol. The fourth-order valence-corrected chi connectivity index (χ4v) is 2.27. The Morgan fingerprint density at radius 2 is 1.56 bits per heavy atom. The van der Waals surface area contributed by atoms with Gasteiger partial charge in [0.2, 0.25) is 5.95 Å². The first-order chi connectivity index (χ1) is 12.0. The Bertz CT molecular complexity index is 879. The predicted molar refractivity (Wildman–Crippen MR) is 90.1 cm³/mol. The zero-order valence-corrected chi connectivity index (χ0v) is 13.4. The van der Waals surface area contributed by atoms with Crippen molar-refractivity contribution in [2.75, 3.05) is 10.6 Å². The lowest BCUT2D eigenvalue weighted by molar-refractivity contribution is 0.590. The number of halogens is 3. The molecule has 0 bridgehead atoms. The van der Waals surface area contributed by atoms with Gasteiger partial charge in [-0.05, 0) is 25.1 Å². The Balaban J connectivity index is 1.80. The van der Waals surface area contributed by atoms with E-state index in [1.807, 2.05) is 0 Å². The van der Waals surface area contributed by atoms with Crippen LogP contribution in [0.3, 0.4) is 0 Å². The summed E-state index contributed by atoms with van der Waals surface area (Å²) in [5.41, 5.74) is 0.742. The first-order valence-corrected chi connectivity index (χ1v) is 7.57. The van der Waals surface area contributed by atoms with E-state index in [1.54, 1.807) is 31.2 Å². The Hall–Kier alpha value is -3.09. The highest BCUT2D eigenvalue weighted by Gasteiger charge is 2.11. The molecule has 0 saturated carbocycles. The van der Waals surface area contributed by atoms with Crippen LogP contribution in [0.2, 0.25) is 0 Å². The van der Waals surface area contributed by atoms with E-state index in [4.69, 9.17) is 0 Å². The van der Waals surface area contributed by atoms with Crippen molar-refractivity contribution in [2.45, 2.75) is 13.5 Å². The summed E-state index contributed by atoms with van der Waals surface area (Å²) in [7, 11) is 0. The van der Waals surface area contributed by atoms with Gasteiger partial charge in [0.15, 0.2) is 0 Å². The van der Waals surface area contributed by atoms with E-state index in [0.717, 1.165) is 12.1 Å². The van der Waals surface area contributed by atoms with Crippen LogP contribution in [0.5, 0.6) is 0 Å². The number of para-hydroxylation sites is 1. The Labute approximate surface area is 142 Å². The summed E-state index contributed by atoms with van der Waals surface area (Å²) in [6.45, 7) is 1.94. The molecule has 7 heteroatoms. The van der Waals surface area contributed by atoms with Gasteiger partial charge in [0.25, 0.3) is 0 Å². The van der Waals surface area contributed by atoms with Crippen LogP contribution in [0.25, 0.3) is 0 Å². The second-order valence-electron chi connectivity index (χ2n) is 5.38. The highest BCUT2D eigenvalue weighted by Crippen LogP contribution is 2.22. The zero-order valence-electron chi connectivity index (χ0n) is 13.4. The third-order valence-electron chi connectivity index (χ3n) is 3.47. The molecular weight excluding hydrogens is 329 g/mol. The van der Waals surface area contributed by atoms with Gasteiger partial charge in [-0.25, -0.2) is 18.2 Å². The van der Waals surface area contributed by atoms with Gasteiger partial charge in [0, 0.05) is 23.9 Å². The molecule has 0 atom stereocenters. The second kappa shape index (κ2) is 7.21. The van der Waals surface area contributed by atoms with Crippen molar-refractivity contribution < 1.29 is 13.2 Å². The SMILES string of the molecule is Cc1cc(NCc2ccccc2F)nc(Nc2c(F)cccc2F)n1. The number of hydrogen-bond acceptors (Lipinski definition) is 4. The fraction of sp³-hybridized carbons (Fsp3) is 0.111. The molecule has 2 N–H and O–H groups in total. The molecule has 0 amide bonds. The number of benzene rings is 2. The van der Waals surface area contributed by atoms with Crippen LogP contribution < -0.4 is 10.6 Å². The summed E-state index contributed by atoms with van der Waals surface area (Å²) in [6, 6.07) is 11.6. The molecule has 0 fully saturated rings. The van der Waals surface area contributed by atoms with Crippen LogP contribution in [0.15, 0.2) is 48.5 Å². The van der Waals surface area contributed by atoms with Crippen LogP contribution >= 0.6 is 0 Å². The van der Waals surface area contributed by atoms with Crippen LogP contribution in [0.1, 0.15) is 11.3 Å². The highest BCUT2D eigenvalue weighted by atomic mass is 19.1. The van der Waals surface area contributed by atoms with Gasteiger partial charge in [-0.2, -0.15) is 4.98 Å². The number of nitrogens with one attached hydrogen (secondary N) is 2. The third-order valence-corrected chi connectivity index (χ3v) is 3.47. The molecule has 0 radical (unpaired) electrons. The van der Waals surface area contributed by atoms with Crippen LogP contribution in [0, 0.1) is 24.4 Å². The smallest absolute Gasteiger partial charge is 0.229 e. The Kier molecular flexibility index (Phi) is 4.83. The lowest BCUT2D eigenvalue weighted by Crippen LogP contribution is -2.07. The van der Waals surface area contributed by atoms with E-state index in [0.29, 0.717) is 17.1 Å². The second-order valence-corrected chi connectivity index (χ2v) is 5.38. The number of anilines is 3. The minimum absolute atomic E-state index is 0.0417. The van der Waals surface area contributed by atoms with Crippen molar-refractivity contribution in [3.05, 3.63) is 77.2 Å². The molecule has 1 heterocycles. The summed E-state index contributed by atoms with van der Waals surface area (Å²) >= 11 is 0. The first-order valence-electron chi connectivity index (χ1n) is 7.57. The van der Waals surface area contributed by atoms with Crippen LogP contribution in [-0.2, 0) is 6.54 Å². The molecule has 128 valence electrons. The molecule has 4 nitrogen and oxygen atoms in total. The Morgan fingerprint density at radius 3 is 2.28 bits per heavy atom. The number of rotatable bonds is 5. The van der Waals surface area contributed by atoms with E-state index < -0.39 is 11.6 Å². The van der Waals surface area contributed by atoms with Crippen LogP contribution in [-0.4, -0.2) is 9.97 Å². The van der Waals surface area contributed by atoms with E-state index in [2.05, 4.69) is 20.6 Å². The molecule has 0 aliphatic carbocycles. The summed E-state index contributed by atoms with van der Waals surface area (Å²) in [5, 5.41) is 5.52. The number of nitrogens with zero attached hydrogens (tertiary/aromatic N) is 2. The van der Waals surface area contributed by atoms with Crippen molar-refractivity contribution in [1.82, 2.24) is 9.97 Å². The van der Waals surface area contributed by atoms with E-state index in [-0.39, 0.29) is 24.0 Å². The number of hydrogen-bond donors (Lipinski definition) is 2. The Morgan fingerprint density at radius 1 is 0.880 bits per heavy atom. The van der Waals surface area contributed by atoms with E-state index in [1.165, 1.54) is 12.1 Å². The third kappa shape index (κ3) is 4.06. The molecule has 0 saturated heterocycles. The predicted octanol–water partition coefficient (Wildman–Crippen LogP) is 4.56. The molecular formula is C18H15F3N4. The zero-order chi connectivity index (χ0) is 17.8. The molecule has 2 aromatic carbocycles. The largest absolute Gasteiger partial charge is 0.366 e. The summed E-state index contributed by atoms with van der Waals surface area (Å²) < 4.78 is 41.1. The van der Waals surface area contributed by atoms with Crippen molar-refractivity contribution >= 4 is 17.5 Å². The summed E-state index contributed by atoms with van der Waals surface area (Å²) in [5.74, 6) is -1.36. The van der Waals surface area contributed by atoms with Gasteiger partial charge in [0.1, 0.15) is 29.0 Å². The minimum atomic E-state index is -0.744. The summed E-state index contributed by atoms with van der Waals surface area (Å²) in [6.07, 6.45) is 0. The molecule has 0 aliphatic heterocycles. The maximum Gasteiger partial charge on any atom is 0.229 e. The highest BCUT2D eigenvalue weighted by molar-refractivity contribution is 5.56. The maximum absolute atomic E-state index is 13.7. The fourth-order valence-electron chi connectivity index (χ4n) is 2.27. The first kappa shape index (κ1) is 16.8. The average Bonchev–Trinajstić information content (AvgIpc) is 2.57. The number of aryl methyl sites for hydroxylation is 1. The summed E-state index contributed by atoms with van der Waals surface area (Å²) in [4.78, 5) is 8.28. The number of aromatic nitrogens is 2. The normalized spacial score (nSPS) is 10.6. The standard InChI is InChI=1S/C18H15F3N4/c1-11-9-16(22-10-12-5-2-3-6-13(12)19)24-18(23-11)25-17-14(20)7-4-8-15(17)21/h2-9H,10H2,1H3,(H2,22,23,24,25). The topological polar surface area (TPSA) is 49.8 Å². The van der Waals surface area contributed by atoms with Crippen molar-refractivity contribution in [3.63, 3.8) is 0 Å². The van der Waals surface area contributed by atoms with Crippen molar-refractivity contribution in [3.8, 4) is 0 Å². The van der Waals surface area contributed by atoms with Gasteiger partial charge in [-0.1, -0.05) is 24.3 Å². The molecule has 3 rings (SSSR count). The van der Waals surface area contributed by atoms with Gasteiger partial charge < -0.3 is 10.6 Å². The van der Waals surface area contributed by atoms with E-state index >= 15 is 0 Å². The van der Waals surface area contributed by atoms with Gasteiger partial charge in [0.05, 0.1) is 0 Å². The van der Waals surface area contributed by atoms with Crippen molar-refractivity contribution in [2.24, 2.45) is 0 Å². The van der Waals surface area contributed by atoms with E-state index in [9.17, 15) is 13.2 Å². The quantitative estimate of drug-likeness (QED) is 0.712. The lowest BCUT2D eigenvalue weighted by Gasteiger charge is -2.11. The molecule has 0 spiro atoms. The molecule has 3 aromatic rings. The molecule has 0 aliphatic rings. The molecule has 0 unspecified atom stereocenters. The van der Waals surface area contributed by atoms with Gasteiger partial charge in [-0.3, -0.25) is 0 Å².